The first-order valence-corrected chi connectivity index (χ1v) is 9.71. The first-order chi connectivity index (χ1) is 11.4. The smallest absolute Gasteiger partial charge is 0.338 e. The molecule has 0 bridgehead atoms. The Morgan fingerprint density at radius 2 is 2.29 bits per heavy atom. The molecule has 7 nitrogen and oxygen atoms in total. The molecule has 24 heavy (non-hydrogen) atoms. The molecule has 0 aliphatic carbocycles. The van der Waals surface area contributed by atoms with Crippen molar-refractivity contribution in [2.45, 2.75) is 30.1 Å². The van der Waals surface area contributed by atoms with E-state index < -0.39 is 22.0 Å². The second kappa shape index (κ2) is 6.60. The summed E-state index contributed by atoms with van der Waals surface area (Å²) in [4.78, 5) is 16.4. The van der Waals surface area contributed by atoms with Crippen LogP contribution in [0.2, 0.25) is 0 Å². The lowest BCUT2D eigenvalue weighted by Gasteiger charge is -2.14. The molecule has 3 heterocycles. The minimum Gasteiger partial charge on any atom is -0.478 e. The van der Waals surface area contributed by atoms with Crippen molar-refractivity contribution in [3.8, 4) is 0 Å². The minimum absolute atomic E-state index is 0.0950. The summed E-state index contributed by atoms with van der Waals surface area (Å²) in [5.74, 6) is -1.20. The van der Waals surface area contributed by atoms with Crippen molar-refractivity contribution in [3.05, 3.63) is 46.1 Å². The number of hydrogen-bond donors (Lipinski definition) is 3. The summed E-state index contributed by atoms with van der Waals surface area (Å²) in [6.07, 6.45) is 3.70. The van der Waals surface area contributed by atoms with E-state index in [-0.39, 0.29) is 9.77 Å². The lowest BCUT2D eigenvalue weighted by Crippen LogP contribution is -2.28. The summed E-state index contributed by atoms with van der Waals surface area (Å²) in [7, 11) is -3.95. The molecular formula is C15H17N3O4S2. The maximum absolute atomic E-state index is 12.8. The van der Waals surface area contributed by atoms with E-state index in [0.717, 1.165) is 16.2 Å². The van der Waals surface area contributed by atoms with E-state index in [1.54, 1.807) is 31.5 Å². The largest absolute Gasteiger partial charge is 0.478 e. The average Bonchev–Trinajstić information content (AvgIpc) is 2.96. The van der Waals surface area contributed by atoms with Gasteiger partial charge >= 0.3 is 5.97 Å². The van der Waals surface area contributed by atoms with Gasteiger partial charge in [-0.3, -0.25) is 4.98 Å². The van der Waals surface area contributed by atoms with E-state index in [0.29, 0.717) is 30.6 Å². The number of carboxylic acids is 1. The number of thiophene rings is 1. The summed E-state index contributed by atoms with van der Waals surface area (Å²) >= 11 is 1.02. The Hall–Kier alpha value is -1.81. The number of hydrogen-bond acceptors (Lipinski definition) is 6. The van der Waals surface area contributed by atoms with Gasteiger partial charge in [-0.15, -0.1) is 11.3 Å². The average molecular weight is 367 g/mol. The van der Waals surface area contributed by atoms with Crippen LogP contribution in [0.4, 0.5) is 0 Å². The lowest BCUT2D eigenvalue weighted by atomic mass is 10.1. The number of nitrogens with zero attached hydrogens (tertiary/aromatic N) is 1. The molecule has 0 aromatic carbocycles. The third kappa shape index (κ3) is 3.20. The molecule has 0 saturated carbocycles. The monoisotopic (exact) mass is 367 g/mol. The maximum atomic E-state index is 12.8. The lowest BCUT2D eigenvalue weighted by molar-refractivity contribution is 0.0692. The summed E-state index contributed by atoms with van der Waals surface area (Å²) in [5.41, 5.74) is 1.24. The molecule has 2 aromatic heterocycles. The summed E-state index contributed by atoms with van der Waals surface area (Å²) < 4.78 is 27.9. The van der Waals surface area contributed by atoms with E-state index in [2.05, 4.69) is 15.0 Å². The van der Waals surface area contributed by atoms with Gasteiger partial charge in [-0.05, 0) is 37.1 Å². The van der Waals surface area contributed by atoms with E-state index in [4.69, 9.17) is 0 Å². The molecule has 3 N–H and O–H groups in total. The number of pyridine rings is 1. The highest BCUT2D eigenvalue weighted by Gasteiger charge is 2.32. The molecule has 0 saturated heterocycles. The van der Waals surface area contributed by atoms with Crippen molar-refractivity contribution in [1.29, 1.82) is 0 Å². The van der Waals surface area contributed by atoms with Gasteiger partial charge in [0.1, 0.15) is 4.21 Å². The fraction of sp³-hybridized carbons (Fsp3) is 0.333. The van der Waals surface area contributed by atoms with Crippen molar-refractivity contribution >= 4 is 27.3 Å². The van der Waals surface area contributed by atoms with Crippen LogP contribution in [-0.4, -0.2) is 31.0 Å². The molecule has 0 radical (unpaired) electrons. The first-order valence-electron chi connectivity index (χ1n) is 7.41. The highest BCUT2D eigenvalue weighted by atomic mass is 32.2. The van der Waals surface area contributed by atoms with Gasteiger partial charge in [-0.2, -0.15) is 0 Å². The molecular weight excluding hydrogens is 350 g/mol. The number of rotatable bonds is 5. The fourth-order valence-corrected chi connectivity index (χ4v) is 5.81. The Balaban J connectivity index is 1.98. The van der Waals surface area contributed by atoms with Crippen molar-refractivity contribution in [2.24, 2.45) is 0 Å². The van der Waals surface area contributed by atoms with Crippen LogP contribution in [0.1, 0.15) is 39.3 Å². The van der Waals surface area contributed by atoms with Gasteiger partial charge in [0, 0.05) is 29.9 Å². The Morgan fingerprint density at radius 3 is 2.96 bits per heavy atom. The van der Waals surface area contributed by atoms with Gasteiger partial charge in [0.2, 0.25) is 0 Å². The number of aromatic carboxylic acids is 1. The fourth-order valence-electron chi connectivity index (χ4n) is 2.70. The zero-order chi connectivity index (χ0) is 17.3. The number of sulfonamides is 1. The predicted octanol–water partition coefficient (Wildman–Crippen LogP) is 1.53. The van der Waals surface area contributed by atoms with Gasteiger partial charge in [0.25, 0.3) is 10.0 Å². The van der Waals surface area contributed by atoms with Crippen LogP contribution in [0.25, 0.3) is 0 Å². The van der Waals surface area contributed by atoms with Crippen LogP contribution >= 0.6 is 11.3 Å². The van der Waals surface area contributed by atoms with Crippen LogP contribution in [0.5, 0.6) is 0 Å². The van der Waals surface area contributed by atoms with Crippen molar-refractivity contribution in [3.63, 3.8) is 0 Å². The Bertz CT molecular complexity index is 862. The summed E-state index contributed by atoms with van der Waals surface area (Å²) in [5, 5.41) is 12.6. The van der Waals surface area contributed by atoms with Crippen molar-refractivity contribution < 1.29 is 18.3 Å². The van der Waals surface area contributed by atoms with Gasteiger partial charge in [0.05, 0.1) is 5.56 Å². The van der Waals surface area contributed by atoms with Crippen LogP contribution < -0.4 is 10.0 Å². The van der Waals surface area contributed by atoms with Crippen LogP contribution in [0.15, 0.2) is 28.7 Å². The molecule has 0 amide bonds. The van der Waals surface area contributed by atoms with Gasteiger partial charge in [-0.1, -0.05) is 6.07 Å². The quantitative estimate of drug-likeness (QED) is 0.739. The van der Waals surface area contributed by atoms with Crippen LogP contribution in [0.3, 0.4) is 0 Å². The van der Waals surface area contributed by atoms with Gasteiger partial charge in [-0.25, -0.2) is 17.9 Å². The van der Waals surface area contributed by atoms with E-state index in [1.165, 1.54) is 0 Å². The number of carboxylic acid groups (broad SMARTS) is 1. The highest BCUT2D eigenvalue weighted by molar-refractivity contribution is 7.91. The Morgan fingerprint density at radius 1 is 1.50 bits per heavy atom. The molecule has 1 aliphatic heterocycles. The molecule has 3 rings (SSSR count). The normalized spacial score (nSPS) is 15.7. The van der Waals surface area contributed by atoms with Gasteiger partial charge in [0.15, 0.2) is 0 Å². The molecule has 0 spiro atoms. The number of aromatic nitrogens is 1. The minimum atomic E-state index is -3.95. The van der Waals surface area contributed by atoms with Gasteiger partial charge < -0.3 is 10.4 Å². The summed E-state index contributed by atoms with van der Waals surface area (Å²) in [6, 6.07) is 2.97. The molecule has 1 aliphatic rings. The third-order valence-corrected chi connectivity index (χ3v) is 7.16. The Labute approximate surface area is 143 Å². The molecule has 9 heteroatoms. The highest BCUT2D eigenvalue weighted by Crippen LogP contribution is 2.35. The standard InChI is InChI=1S/C15H17N3O4S2/c1-9(10-3-2-5-16-7-10)18-24(21,22)15-13(14(19)20)11-4-6-17-8-12(11)23-15/h2-3,5,7,9,17-18H,4,6,8H2,1H3,(H,19,20)/t9-/m1/s1. The Kier molecular flexibility index (Phi) is 4.68. The SMILES string of the molecule is C[C@@H](NS(=O)(=O)c1sc2c(c1C(=O)O)CCNC2)c1cccnc1. The van der Waals surface area contributed by atoms with Crippen LogP contribution in [0, 0.1) is 0 Å². The van der Waals surface area contributed by atoms with E-state index in [9.17, 15) is 18.3 Å². The molecule has 0 fully saturated rings. The molecule has 2 aromatic rings. The second-order valence-electron chi connectivity index (χ2n) is 5.53. The molecule has 128 valence electrons. The zero-order valence-electron chi connectivity index (χ0n) is 12.9. The summed E-state index contributed by atoms with van der Waals surface area (Å²) in [6.45, 7) is 2.83. The van der Waals surface area contributed by atoms with Crippen LogP contribution in [-0.2, 0) is 23.0 Å². The number of nitrogens with one attached hydrogen (secondary N) is 2. The number of fused-ring (bicyclic) bond motifs is 1. The maximum Gasteiger partial charge on any atom is 0.338 e. The topological polar surface area (TPSA) is 108 Å². The zero-order valence-corrected chi connectivity index (χ0v) is 14.6. The predicted molar refractivity (Wildman–Crippen MR) is 89.7 cm³/mol. The second-order valence-corrected chi connectivity index (χ2v) is 8.54. The molecule has 1 atom stereocenters. The van der Waals surface area contributed by atoms with E-state index >= 15 is 0 Å². The first kappa shape index (κ1) is 17.0. The third-order valence-electron chi connectivity index (χ3n) is 3.87. The molecule has 0 unspecified atom stereocenters. The van der Waals surface area contributed by atoms with Crippen molar-refractivity contribution in [2.75, 3.05) is 6.54 Å². The van der Waals surface area contributed by atoms with Crippen molar-refractivity contribution in [1.82, 2.24) is 15.0 Å². The number of carbonyl (C=O) groups is 1. The van der Waals surface area contributed by atoms with E-state index in [1.807, 2.05) is 0 Å².